The van der Waals surface area contributed by atoms with E-state index in [0.29, 0.717) is 5.25 Å². The topological polar surface area (TPSA) is 12.4 Å². The molecule has 18 heavy (non-hydrogen) atoms. The third kappa shape index (κ3) is 2.34. The minimum absolute atomic E-state index is 0.563. The van der Waals surface area contributed by atoms with Gasteiger partial charge in [0.1, 0.15) is 0 Å². The van der Waals surface area contributed by atoms with Crippen molar-refractivity contribution in [2.75, 3.05) is 0 Å². The van der Waals surface area contributed by atoms with E-state index in [9.17, 15) is 0 Å². The monoisotopic (exact) mass is 253 g/mol. The number of thioether (sulfide) groups is 1. The molecule has 0 saturated heterocycles. The Morgan fingerprint density at radius 2 is 1.72 bits per heavy atom. The van der Waals surface area contributed by atoms with Crippen LogP contribution in [0.15, 0.2) is 64.5 Å². The minimum Gasteiger partial charge on any atom is -0.252 e. The lowest BCUT2D eigenvalue weighted by Gasteiger charge is -2.09. The Morgan fingerprint density at radius 1 is 1.00 bits per heavy atom. The van der Waals surface area contributed by atoms with Crippen molar-refractivity contribution in [3.05, 3.63) is 60.2 Å². The average molecular weight is 253 g/mol. The summed E-state index contributed by atoms with van der Waals surface area (Å²) in [5.41, 5.74) is 3.54. The van der Waals surface area contributed by atoms with Crippen LogP contribution < -0.4 is 0 Å². The molecule has 0 aliphatic carbocycles. The van der Waals surface area contributed by atoms with Crippen molar-refractivity contribution in [1.29, 1.82) is 0 Å². The maximum absolute atomic E-state index is 4.86. The largest absolute Gasteiger partial charge is 0.252 e. The zero-order valence-electron chi connectivity index (χ0n) is 10.3. The molecular weight excluding hydrogens is 238 g/mol. The summed E-state index contributed by atoms with van der Waals surface area (Å²) in [5.74, 6) is 0. The zero-order chi connectivity index (χ0) is 12.4. The normalized spacial score (nSPS) is 18.7. The lowest BCUT2D eigenvalue weighted by molar-refractivity contribution is 1.02. The van der Waals surface area contributed by atoms with Gasteiger partial charge >= 0.3 is 0 Å². The minimum atomic E-state index is 0.563. The van der Waals surface area contributed by atoms with Crippen molar-refractivity contribution < 1.29 is 0 Å². The number of hydrogen-bond acceptors (Lipinski definition) is 2. The van der Waals surface area contributed by atoms with E-state index < -0.39 is 0 Å². The molecule has 90 valence electrons. The molecule has 2 heteroatoms. The number of nitrogens with zero attached hydrogens (tertiary/aromatic N) is 1. The van der Waals surface area contributed by atoms with Gasteiger partial charge in [-0.2, -0.15) is 0 Å². The van der Waals surface area contributed by atoms with Crippen LogP contribution in [0.5, 0.6) is 0 Å². The number of rotatable bonds is 1. The highest BCUT2D eigenvalue weighted by Crippen LogP contribution is 2.37. The van der Waals surface area contributed by atoms with E-state index >= 15 is 0 Å². The summed E-state index contributed by atoms with van der Waals surface area (Å²) in [4.78, 5) is 6.14. The maximum atomic E-state index is 4.86. The number of fused-ring (bicyclic) bond motifs is 1. The summed E-state index contributed by atoms with van der Waals surface area (Å²) < 4.78 is 0. The molecule has 0 aromatic heterocycles. The smallest absolute Gasteiger partial charge is 0.0769 e. The van der Waals surface area contributed by atoms with Crippen LogP contribution in [0.2, 0.25) is 0 Å². The quantitative estimate of drug-likeness (QED) is 0.718. The third-order valence-corrected chi connectivity index (χ3v) is 4.20. The van der Waals surface area contributed by atoms with Gasteiger partial charge in [-0.1, -0.05) is 49.4 Å². The van der Waals surface area contributed by atoms with Gasteiger partial charge in [-0.05, 0) is 17.7 Å². The second-order valence-electron chi connectivity index (χ2n) is 4.52. The van der Waals surface area contributed by atoms with E-state index in [1.165, 1.54) is 16.2 Å². The lowest BCUT2D eigenvalue weighted by atomic mass is 10.1. The summed E-state index contributed by atoms with van der Waals surface area (Å²) in [5, 5.41) is 0.563. The van der Waals surface area contributed by atoms with Crippen molar-refractivity contribution in [3.63, 3.8) is 0 Å². The maximum Gasteiger partial charge on any atom is 0.0769 e. The molecule has 0 unspecified atom stereocenters. The Kier molecular flexibility index (Phi) is 3.20. The van der Waals surface area contributed by atoms with Gasteiger partial charge in [0, 0.05) is 22.3 Å². The highest BCUT2D eigenvalue weighted by molar-refractivity contribution is 8.00. The number of aliphatic imine (C=N–C) groups is 1. The van der Waals surface area contributed by atoms with Gasteiger partial charge in [0.15, 0.2) is 0 Å². The fourth-order valence-electron chi connectivity index (χ4n) is 2.18. The molecule has 1 aliphatic rings. The average Bonchev–Trinajstić information content (AvgIpc) is 2.57. The van der Waals surface area contributed by atoms with Crippen molar-refractivity contribution in [1.82, 2.24) is 0 Å². The van der Waals surface area contributed by atoms with E-state index in [4.69, 9.17) is 4.99 Å². The molecule has 0 amide bonds. The predicted octanol–water partition coefficient (Wildman–Crippen LogP) is 4.69. The van der Waals surface area contributed by atoms with Crippen molar-refractivity contribution in [2.45, 2.75) is 23.5 Å². The zero-order valence-corrected chi connectivity index (χ0v) is 11.2. The number of benzene rings is 2. The Bertz CT molecular complexity index is 575. The second kappa shape index (κ2) is 4.99. The van der Waals surface area contributed by atoms with Crippen LogP contribution in [-0.4, -0.2) is 11.0 Å². The molecule has 0 bridgehead atoms. The summed E-state index contributed by atoms with van der Waals surface area (Å²) in [6.07, 6.45) is 1.02. The third-order valence-electron chi connectivity index (χ3n) is 3.04. The number of para-hydroxylation sites is 1. The van der Waals surface area contributed by atoms with Gasteiger partial charge in [0.05, 0.1) is 5.69 Å². The Morgan fingerprint density at radius 3 is 2.56 bits per heavy atom. The molecule has 0 saturated carbocycles. The van der Waals surface area contributed by atoms with Gasteiger partial charge in [0.25, 0.3) is 0 Å². The molecule has 1 aliphatic heterocycles. The molecule has 0 fully saturated rings. The van der Waals surface area contributed by atoms with Gasteiger partial charge < -0.3 is 0 Å². The first-order valence-electron chi connectivity index (χ1n) is 6.21. The van der Waals surface area contributed by atoms with E-state index in [2.05, 4.69) is 55.5 Å². The Hall–Kier alpha value is -1.54. The summed E-state index contributed by atoms with van der Waals surface area (Å²) >= 11 is 1.92. The van der Waals surface area contributed by atoms with E-state index in [0.717, 1.165) is 12.1 Å². The molecule has 0 spiro atoms. The van der Waals surface area contributed by atoms with E-state index in [-0.39, 0.29) is 0 Å². The van der Waals surface area contributed by atoms with E-state index in [1.54, 1.807) is 0 Å². The first-order valence-corrected chi connectivity index (χ1v) is 7.09. The van der Waals surface area contributed by atoms with Crippen LogP contribution in [0.1, 0.15) is 18.9 Å². The van der Waals surface area contributed by atoms with Gasteiger partial charge in [-0.25, -0.2) is 0 Å². The molecule has 2 aromatic rings. The van der Waals surface area contributed by atoms with Gasteiger partial charge in [0.2, 0.25) is 0 Å². The fraction of sp³-hybridized carbons (Fsp3) is 0.188. The van der Waals surface area contributed by atoms with Crippen LogP contribution in [0, 0.1) is 0 Å². The lowest BCUT2D eigenvalue weighted by Crippen LogP contribution is -2.06. The van der Waals surface area contributed by atoms with Gasteiger partial charge in [-0.15, -0.1) is 11.8 Å². The Labute approximate surface area is 112 Å². The molecule has 1 atom stereocenters. The van der Waals surface area contributed by atoms with Crippen LogP contribution in [0.25, 0.3) is 0 Å². The predicted molar refractivity (Wildman–Crippen MR) is 79.0 cm³/mol. The van der Waals surface area contributed by atoms with Gasteiger partial charge in [-0.3, -0.25) is 4.99 Å². The van der Waals surface area contributed by atoms with Crippen LogP contribution in [-0.2, 0) is 0 Å². The number of hydrogen-bond donors (Lipinski definition) is 0. The summed E-state index contributed by atoms with van der Waals surface area (Å²) in [6.45, 7) is 2.27. The molecule has 0 radical (unpaired) electrons. The highest BCUT2D eigenvalue weighted by atomic mass is 32.2. The molecule has 0 N–H and O–H groups in total. The standard InChI is InChI=1S/C16H15NS/c1-12-11-15(13-7-3-2-4-8-13)17-14-9-5-6-10-16(14)18-12/h2-10,12H,11H2,1H3/t12-/m1/s1. The molecule has 2 aromatic carbocycles. The molecule has 1 nitrogen and oxygen atoms in total. The van der Waals surface area contributed by atoms with Crippen LogP contribution in [0.3, 0.4) is 0 Å². The second-order valence-corrected chi connectivity index (χ2v) is 6.01. The first-order chi connectivity index (χ1) is 8.83. The molecule has 3 rings (SSSR count). The fourth-order valence-corrected chi connectivity index (χ4v) is 3.25. The SMILES string of the molecule is C[C@@H]1CC(c2ccccc2)=Nc2ccccc2S1. The van der Waals surface area contributed by atoms with Crippen molar-refractivity contribution in [3.8, 4) is 0 Å². The van der Waals surface area contributed by atoms with Crippen LogP contribution >= 0.6 is 11.8 Å². The van der Waals surface area contributed by atoms with Crippen LogP contribution in [0.4, 0.5) is 5.69 Å². The summed E-state index contributed by atoms with van der Waals surface area (Å²) in [7, 11) is 0. The summed E-state index contributed by atoms with van der Waals surface area (Å²) in [6, 6.07) is 18.9. The molecular formula is C16H15NS. The van der Waals surface area contributed by atoms with Crippen molar-refractivity contribution >= 4 is 23.2 Å². The molecule has 1 heterocycles. The van der Waals surface area contributed by atoms with E-state index in [1.807, 2.05) is 17.8 Å². The van der Waals surface area contributed by atoms with Crippen molar-refractivity contribution in [2.24, 2.45) is 4.99 Å². The Balaban J connectivity index is 2.08. The highest BCUT2D eigenvalue weighted by Gasteiger charge is 2.16. The first kappa shape index (κ1) is 11.5.